The van der Waals surface area contributed by atoms with Crippen LogP contribution < -0.4 is 16.0 Å². The lowest BCUT2D eigenvalue weighted by Gasteiger charge is -2.32. The third kappa shape index (κ3) is 5.27. The first kappa shape index (κ1) is 22.1. The molecule has 5 rings (SSSR count). The molecule has 174 valence electrons. The van der Waals surface area contributed by atoms with Crippen LogP contribution in [0.5, 0.6) is 0 Å². The van der Waals surface area contributed by atoms with Gasteiger partial charge in [-0.15, -0.1) is 0 Å². The Kier molecular flexibility index (Phi) is 6.29. The topological polar surface area (TPSA) is 76.7 Å². The number of carbonyl (C=O) groups is 2. The standard InChI is InChI=1S/C27H29N5O2/c1-31-11-13-32(14-12-31)18-19-5-7-20(8-6-19)27(34)29-23-4-2-3-22(17-23)28-24-9-10-25-21(15-24)16-26(33)30-25/h2-10,15,17,28H,11-14,16,18H2,1H3,(H,29,34)(H,30,33). The van der Waals surface area contributed by atoms with E-state index < -0.39 is 0 Å². The molecule has 3 aromatic rings. The number of hydrogen-bond acceptors (Lipinski definition) is 5. The summed E-state index contributed by atoms with van der Waals surface area (Å²) >= 11 is 0. The Morgan fingerprint density at radius 2 is 1.65 bits per heavy atom. The van der Waals surface area contributed by atoms with Crippen LogP contribution in [-0.4, -0.2) is 54.8 Å². The van der Waals surface area contributed by atoms with Gasteiger partial charge in [0.1, 0.15) is 0 Å². The molecule has 2 amide bonds. The van der Waals surface area contributed by atoms with Crippen LogP contribution in [0.3, 0.4) is 0 Å². The minimum Gasteiger partial charge on any atom is -0.355 e. The van der Waals surface area contributed by atoms with E-state index in [1.807, 2.05) is 66.7 Å². The Labute approximate surface area is 199 Å². The van der Waals surface area contributed by atoms with E-state index in [1.54, 1.807) is 0 Å². The average Bonchev–Trinajstić information content (AvgIpc) is 3.20. The maximum absolute atomic E-state index is 12.8. The molecule has 0 aromatic heterocycles. The SMILES string of the molecule is CN1CCN(Cc2ccc(C(=O)Nc3cccc(Nc4ccc5c(c4)CC(=O)N5)c3)cc2)CC1. The largest absolute Gasteiger partial charge is 0.355 e. The van der Waals surface area contributed by atoms with E-state index in [9.17, 15) is 9.59 Å². The normalized spacial score (nSPS) is 16.1. The van der Waals surface area contributed by atoms with Crippen LogP contribution in [0.15, 0.2) is 66.7 Å². The number of piperazine rings is 1. The maximum Gasteiger partial charge on any atom is 0.255 e. The maximum atomic E-state index is 12.8. The molecule has 1 saturated heterocycles. The van der Waals surface area contributed by atoms with Crippen molar-refractivity contribution in [2.24, 2.45) is 0 Å². The van der Waals surface area contributed by atoms with Gasteiger partial charge in [-0.2, -0.15) is 0 Å². The highest BCUT2D eigenvalue weighted by Crippen LogP contribution is 2.28. The van der Waals surface area contributed by atoms with Gasteiger partial charge in [0.25, 0.3) is 5.91 Å². The van der Waals surface area contributed by atoms with Gasteiger partial charge in [0.2, 0.25) is 5.91 Å². The molecule has 0 atom stereocenters. The summed E-state index contributed by atoms with van der Waals surface area (Å²) in [6.07, 6.45) is 0.398. The first-order valence-electron chi connectivity index (χ1n) is 11.6. The second-order valence-corrected chi connectivity index (χ2v) is 9.03. The molecule has 2 aliphatic heterocycles. The lowest BCUT2D eigenvalue weighted by molar-refractivity contribution is -0.115. The van der Waals surface area contributed by atoms with Crippen molar-refractivity contribution in [2.75, 3.05) is 49.2 Å². The van der Waals surface area contributed by atoms with E-state index in [4.69, 9.17) is 0 Å². The van der Waals surface area contributed by atoms with Gasteiger partial charge < -0.3 is 20.9 Å². The number of hydrogen-bond donors (Lipinski definition) is 3. The number of fused-ring (bicyclic) bond motifs is 1. The van der Waals surface area contributed by atoms with E-state index in [0.29, 0.717) is 12.0 Å². The first-order chi connectivity index (χ1) is 16.5. The van der Waals surface area contributed by atoms with Gasteiger partial charge in [0, 0.05) is 61.0 Å². The highest BCUT2D eigenvalue weighted by molar-refractivity contribution is 6.04. The predicted molar refractivity (Wildman–Crippen MR) is 136 cm³/mol. The van der Waals surface area contributed by atoms with Crippen molar-refractivity contribution in [3.63, 3.8) is 0 Å². The van der Waals surface area contributed by atoms with Crippen LogP contribution in [0.4, 0.5) is 22.7 Å². The Morgan fingerprint density at radius 1 is 0.912 bits per heavy atom. The summed E-state index contributed by atoms with van der Waals surface area (Å²) in [4.78, 5) is 29.2. The van der Waals surface area contributed by atoms with Crippen molar-refractivity contribution in [2.45, 2.75) is 13.0 Å². The van der Waals surface area contributed by atoms with Crippen molar-refractivity contribution in [3.05, 3.63) is 83.4 Å². The fourth-order valence-electron chi connectivity index (χ4n) is 4.38. The van der Waals surface area contributed by atoms with E-state index in [2.05, 4.69) is 32.8 Å². The number of amides is 2. The third-order valence-corrected chi connectivity index (χ3v) is 6.36. The van der Waals surface area contributed by atoms with Gasteiger partial charge in [-0.05, 0) is 66.7 Å². The van der Waals surface area contributed by atoms with Crippen LogP contribution in [0.2, 0.25) is 0 Å². The zero-order valence-electron chi connectivity index (χ0n) is 19.3. The molecule has 0 spiro atoms. The van der Waals surface area contributed by atoms with E-state index >= 15 is 0 Å². The Bertz CT molecular complexity index is 1200. The van der Waals surface area contributed by atoms with E-state index in [0.717, 1.165) is 61.0 Å². The number of nitrogens with zero attached hydrogens (tertiary/aromatic N) is 2. The second kappa shape index (κ2) is 9.67. The van der Waals surface area contributed by atoms with Crippen LogP contribution >= 0.6 is 0 Å². The monoisotopic (exact) mass is 455 g/mol. The summed E-state index contributed by atoms with van der Waals surface area (Å²) in [5, 5.41) is 9.18. The minimum absolute atomic E-state index is 0.0178. The predicted octanol–water partition coefficient (Wildman–Crippen LogP) is 3.92. The van der Waals surface area contributed by atoms with Crippen LogP contribution in [-0.2, 0) is 17.8 Å². The number of anilines is 4. The van der Waals surface area contributed by atoms with Gasteiger partial charge >= 0.3 is 0 Å². The fraction of sp³-hybridized carbons (Fsp3) is 0.259. The number of nitrogens with one attached hydrogen (secondary N) is 3. The molecule has 3 aromatic carbocycles. The molecule has 1 fully saturated rings. The molecule has 34 heavy (non-hydrogen) atoms. The minimum atomic E-state index is -0.134. The summed E-state index contributed by atoms with van der Waals surface area (Å²) < 4.78 is 0. The lowest BCUT2D eigenvalue weighted by Crippen LogP contribution is -2.43. The van der Waals surface area contributed by atoms with Gasteiger partial charge in [-0.25, -0.2) is 0 Å². The number of likely N-dealkylation sites (N-methyl/N-ethyl adjacent to an activating group) is 1. The summed E-state index contributed by atoms with van der Waals surface area (Å²) in [6.45, 7) is 5.25. The molecule has 0 bridgehead atoms. The molecule has 0 unspecified atom stereocenters. The molecule has 2 heterocycles. The zero-order valence-corrected chi connectivity index (χ0v) is 19.3. The number of carbonyl (C=O) groups excluding carboxylic acids is 2. The summed E-state index contributed by atoms with van der Waals surface area (Å²) in [6, 6.07) is 21.3. The molecule has 7 nitrogen and oxygen atoms in total. The highest BCUT2D eigenvalue weighted by atomic mass is 16.2. The smallest absolute Gasteiger partial charge is 0.255 e. The van der Waals surface area contributed by atoms with Gasteiger partial charge in [0.15, 0.2) is 0 Å². The van der Waals surface area contributed by atoms with Crippen LogP contribution in [0.25, 0.3) is 0 Å². The summed E-state index contributed by atoms with van der Waals surface area (Å²) in [5.74, 6) is -0.116. The highest BCUT2D eigenvalue weighted by Gasteiger charge is 2.17. The van der Waals surface area contributed by atoms with Crippen LogP contribution in [0, 0.1) is 0 Å². The van der Waals surface area contributed by atoms with E-state index in [-0.39, 0.29) is 11.8 Å². The summed E-state index contributed by atoms with van der Waals surface area (Å²) in [5.41, 5.74) is 6.18. The van der Waals surface area contributed by atoms with Crippen molar-refractivity contribution < 1.29 is 9.59 Å². The molecule has 0 aliphatic carbocycles. The van der Waals surface area contributed by atoms with E-state index in [1.165, 1.54) is 5.56 Å². The first-order valence-corrected chi connectivity index (χ1v) is 11.6. The Balaban J connectivity index is 1.19. The van der Waals surface area contributed by atoms with Gasteiger partial charge in [-0.1, -0.05) is 18.2 Å². The van der Waals surface area contributed by atoms with Crippen molar-refractivity contribution in [3.8, 4) is 0 Å². The average molecular weight is 456 g/mol. The van der Waals surface area contributed by atoms with Crippen molar-refractivity contribution >= 4 is 34.6 Å². The zero-order chi connectivity index (χ0) is 23.5. The molecular weight excluding hydrogens is 426 g/mol. The quantitative estimate of drug-likeness (QED) is 0.525. The van der Waals surface area contributed by atoms with Crippen molar-refractivity contribution in [1.29, 1.82) is 0 Å². The third-order valence-electron chi connectivity index (χ3n) is 6.36. The molecule has 0 radical (unpaired) electrons. The van der Waals surface area contributed by atoms with Gasteiger partial charge in [-0.3, -0.25) is 14.5 Å². The fourth-order valence-corrected chi connectivity index (χ4v) is 4.38. The molecular formula is C27H29N5O2. The lowest BCUT2D eigenvalue weighted by atomic mass is 10.1. The number of benzene rings is 3. The number of rotatable bonds is 6. The Morgan fingerprint density at radius 3 is 2.44 bits per heavy atom. The summed E-state index contributed by atoms with van der Waals surface area (Å²) in [7, 11) is 2.16. The molecule has 7 heteroatoms. The second-order valence-electron chi connectivity index (χ2n) is 9.03. The molecule has 0 saturated carbocycles. The molecule has 3 N–H and O–H groups in total. The van der Waals surface area contributed by atoms with Crippen LogP contribution in [0.1, 0.15) is 21.5 Å². The van der Waals surface area contributed by atoms with Crippen molar-refractivity contribution in [1.82, 2.24) is 9.80 Å². The molecule has 2 aliphatic rings. The van der Waals surface area contributed by atoms with Gasteiger partial charge in [0.05, 0.1) is 6.42 Å². The Hall–Kier alpha value is -3.68.